The van der Waals surface area contributed by atoms with Gasteiger partial charge in [-0.25, -0.2) is 18.0 Å². The van der Waals surface area contributed by atoms with Crippen LogP contribution in [0.4, 0.5) is 36.8 Å². The number of carbonyl (C=O) groups excluding carboxylic acids is 2. The van der Waals surface area contributed by atoms with Crippen molar-refractivity contribution in [3.63, 3.8) is 0 Å². The number of hydrogen-bond donors (Lipinski definition) is 4. The van der Waals surface area contributed by atoms with Gasteiger partial charge in [0.25, 0.3) is 0 Å². The van der Waals surface area contributed by atoms with Crippen LogP contribution < -0.4 is 26.4 Å². The molecule has 45 heavy (non-hydrogen) atoms. The minimum Gasteiger partial charge on any atom is -0.485 e. The number of morpholine rings is 1. The van der Waals surface area contributed by atoms with Crippen molar-refractivity contribution in [3.8, 4) is 5.75 Å². The van der Waals surface area contributed by atoms with Crippen LogP contribution >= 0.6 is 0 Å². The molecule has 242 valence electrons. The molecular formula is C29H29F6N5O5. The Hall–Kier alpha value is -4.57. The number of carbonyl (C=O) groups is 2. The van der Waals surface area contributed by atoms with Gasteiger partial charge in [-0.15, -0.1) is 0 Å². The van der Waals surface area contributed by atoms with E-state index in [1.165, 1.54) is 54.7 Å². The van der Waals surface area contributed by atoms with Gasteiger partial charge in [-0.2, -0.15) is 13.2 Å². The third-order valence-corrected chi connectivity index (χ3v) is 6.69. The molecule has 16 heteroatoms. The van der Waals surface area contributed by atoms with Gasteiger partial charge in [-0.3, -0.25) is 9.78 Å². The molecule has 0 aliphatic carbocycles. The molecule has 3 aromatic rings. The van der Waals surface area contributed by atoms with E-state index >= 15 is 0 Å². The lowest BCUT2D eigenvalue weighted by Gasteiger charge is -2.31. The number of rotatable bonds is 12. The van der Waals surface area contributed by atoms with Crippen molar-refractivity contribution in [2.75, 3.05) is 38.2 Å². The molecule has 1 fully saturated rings. The first-order valence-corrected chi connectivity index (χ1v) is 13.5. The molecule has 3 atom stereocenters. The minimum absolute atomic E-state index is 0.00524. The molecule has 0 radical (unpaired) electrons. The molecule has 2 amide bonds. The summed E-state index contributed by atoms with van der Waals surface area (Å²) in [7, 11) is 0. The number of nitrogens with two attached hydrogens (primary N) is 1. The Kier molecular flexibility index (Phi) is 11.1. The number of pyridine rings is 1. The number of primary amides is 1. The Morgan fingerprint density at radius 2 is 1.62 bits per heavy atom. The molecule has 1 saturated heterocycles. The largest absolute Gasteiger partial charge is 0.485 e. The first-order chi connectivity index (χ1) is 21.4. The van der Waals surface area contributed by atoms with Gasteiger partial charge < -0.3 is 35.9 Å². The first-order valence-electron chi connectivity index (χ1n) is 13.5. The fourth-order valence-corrected chi connectivity index (χ4v) is 4.53. The van der Waals surface area contributed by atoms with E-state index in [0.717, 1.165) is 6.20 Å². The van der Waals surface area contributed by atoms with Crippen molar-refractivity contribution in [3.05, 3.63) is 89.5 Å². The average Bonchev–Trinajstić information content (AvgIpc) is 3.00. The van der Waals surface area contributed by atoms with Crippen LogP contribution in [0.1, 0.15) is 17.0 Å². The molecule has 0 spiro atoms. The highest BCUT2D eigenvalue weighted by Crippen LogP contribution is 2.34. The predicted octanol–water partition coefficient (Wildman–Crippen LogP) is 3.62. The number of halogens is 6. The maximum atomic E-state index is 15.0. The fourth-order valence-electron chi connectivity index (χ4n) is 4.53. The zero-order valence-electron chi connectivity index (χ0n) is 23.5. The number of ether oxygens (including phenoxy) is 3. The van der Waals surface area contributed by atoms with Crippen LogP contribution in [-0.4, -0.2) is 74.3 Å². The summed E-state index contributed by atoms with van der Waals surface area (Å²) in [5.41, 5.74) is 6.66. The number of benzene rings is 2. The van der Waals surface area contributed by atoms with Crippen molar-refractivity contribution in [1.29, 1.82) is 0 Å². The monoisotopic (exact) mass is 641 g/mol. The number of nitrogens with one attached hydrogen (secondary N) is 3. The maximum Gasteiger partial charge on any atom is 0.407 e. The summed E-state index contributed by atoms with van der Waals surface area (Å²) in [5.74, 6) is -3.93. The van der Waals surface area contributed by atoms with Crippen LogP contribution in [0.2, 0.25) is 0 Å². The zero-order valence-corrected chi connectivity index (χ0v) is 23.5. The van der Waals surface area contributed by atoms with Crippen LogP contribution in [0.3, 0.4) is 0 Å². The van der Waals surface area contributed by atoms with E-state index in [4.69, 9.17) is 19.9 Å². The molecule has 10 nitrogen and oxygen atoms in total. The molecule has 0 unspecified atom stereocenters. The third kappa shape index (κ3) is 9.71. The number of anilines is 1. The van der Waals surface area contributed by atoms with Crippen LogP contribution in [-0.2, 0) is 14.3 Å². The molecule has 5 N–H and O–H groups in total. The van der Waals surface area contributed by atoms with Crippen LogP contribution in [0.15, 0.2) is 60.9 Å². The summed E-state index contributed by atoms with van der Waals surface area (Å²) < 4.78 is 95.1. The molecule has 4 rings (SSSR count). The van der Waals surface area contributed by atoms with Crippen molar-refractivity contribution in [2.45, 2.75) is 30.3 Å². The Morgan fingerprint density at radius 3 is 2.16 bits per heavy atom. The summed E-state index contributed by atoms with van der Waals surface area (Å²) >= 11 is 0. The van der Waals surface area contributed by atoms with Gasteiger partial charge in [-0.1, -0.05) is 24.3 Å². The number of aromatic nitrogens is 1. The molecule has 1 aliphatic heterocycles. The normalized spacial score (nSPS) is 17.4. The fraction of sp³-hybridized carbons (Fsp3) is 0.345. The topological polar surface area (TPSA) is 137 Å². The number of alkyl halides is 3. The number of alkyl carbamates (subject to hydrolysis) is 1. The van der Waals surface area contributed by atoms with Crippen LogP contribution in [0.25, 0.3) is 0 Å². The second-order valence-electron chi connectivity index (χ2n) is 10.0. The van der Waals surface area contributed by atoms with Gasteiger partial charge in [0, 0.05) is 12.5 Å². The van der Waals surface area contributed by atoms with Gasteiger partial charge in [0.2, 0.25) is 5.91 Å². The van der Waals surface area contributed by atoms with Crippen molar-refractivity contribution < 1.29 is 50.1 Å². The van der Waals surface area contributed by atoms with Gasteiger partial charge in [0.05, 0.1) is 30.7 Å². The van der Waals surface area contributed by atoms with Gasteiger partial charge in [0.1, 0.15) is 43.5 Å². The standard InChI is InChI=1S/C29H29F6N5O5/c30-18-5-1-16(2-6-18)24(17-3-7-19(31)8-4-17)25(27(36)41)40-23-11-37-10-22(32)26(23)44-14-21-9-38-20(12-43-21)13-45-28(42)39-15-29(33,34)35/h1-8,10-11,20-21,24-25,38,40H,9,12-15H2,(H2,36,41)(H,39,42)/t20-,21-,25-/m0/s1. The van der Waals surface area contributed by atoms with Crippen molar-refractivity contribution >= 4 is 17.7 Å². The summed E-state index contributed by atoms with van der Waals surface area (Å²) in [4.78, 5) is 28.0. The Balaban J connectivity index is 1.42. The third-order valence-electron chi connectivity index (χ3n) is 6.69. The summed E-state index contributed by atoms with van der Waals surface area (Å²) in [6.45, 7) is -1.80. The highest BCUT2D eigenvalue weighted by molar-refractivity contribution is 5.85. The average molecular weight is 642 g/mol. The zero-order chi connectivity index (χ0) is 32.6. The highest BCUT2D eigenvalue weighted by atomic mass is 19.4. The van der Waals surface area contributed by atoms with Crippen LogP contribution in [0.5, 0.6) is 5.75 Å². The molecule has 2 aromatic carbocycles. The second kappa shape index (κ2) is 14.9. The second-order valence-corrected chi connectivity index (χ2v) is 10.0. The van der Waals surface area contributed by atoms with Gasteiger partial charge in [-0.05, 0) is 35.4 Å². The van der Waals surface area contributed by atoms with E-state index in [9.17, 15) is 35.9 Å². The number of amides is 2. The lowest BCUT2D eigenvalue weighted by molar-refractivity contribution is -0.124. The SMILES string of the molecule is NC(=O)[C@@H](Nc1cncc(F)c1OC[C@@H]1CN[C@H](COC(=O)NCC(F)(F)F)CO1)C(c1ccc(F)cc1)c1ccc(F)cc1. The maximum absolute atomic E-state index is 15.0. The molecule has 2 heterocycles. The van der Waals surface area contributed by atoms with E-state index < -0.39 is 66.3 Å². The van der Waals surface area contributed by atoms with Crippen LogP contribution in [0, 0.1) is 17.5 Å². The van der Waals surface area contributed by atoms with Crippen molar-refractivity contribution in [1.82, 2.24) is 15.6 Å². The quantitative estimate of drug-likeness (QED) is 0.220. The van der Waals surface area contributed by atoms with Gasteiger partial charge in [0.15, 0.2) is 11.6 Å². The predicted molar refractivity (Wildman–Crippen MR) is 148 cm³/mol. The van der Waals surface area contributed by atoms with E-state index in [-0.39, 0.29) is 37.8 Å². The van der Waals surface area contributed by atoms with Crippen molar-refractivity contribution in [2.24, 2.45) is 5.73 Å². The first kappa shape index (κ1) is 33.3. The van der Waals surface area contributed by atoms with E-state index in [2.05, 4.69) is 15.6 Å². The molecule has 1 aliphatic rings. The number of hydrogen-bond acceptors (Lipinski definition) is 8. The summed E-state index contributed by atoms with van der Waals surface area (Å²) in [5, 5.41) is 7.48. The Morgan fingerprint density at radius 1 is 1.00 bits per heavy atom. The molecule has 1 aromatic heterocycles. The van der Waals surface area contributed by atoms with E-state index in [0.29, 0.717) is 11.1 Å². The Labute approximate surface area is 253 Å². The summed E-state index contributed by atoms with van der Waals surface area (Å²) in [6.07, 6.45) is -4.30. The van der Waals surface area contributed by atoms with Gasteiger partial charge >= 0.3 is 12.3 Å². The summed E-state index contributed by atoms with van der Waals surface area (Å²) in [6, 6.07) is 8.80. The molecular weight excluding hydrogens is 612 g/mol. The molecule has 0 bridgehead atoms. The molecule has 0 saturated carbocycles. The lowest BCUT2D eigenvalue weighted by atomic mass is 9.84. The minimum atomic E-state index is -4.57. The van der Waals surface area contributed by atoms with E-state index in [1.54, 1.807) is 5.32 Å². The highest BCUT2D eigenvalue weighted by Gasteiger charge is 2.32. The smallest absolute Gasteiger partial charge is 0.407 e. The Bertz CT molecular complexity index is 1390. The lowest BCUT2D eigenvalue weighted by Crippen LogP contribution is -2.51. The van der Waals surface area contributed by atoms with E-state index in [1.807, 2.05) is 0 Å². The number of nitrogens with zero attached hydrogens (tertiary/aromatic N) is 1.